The number of nitrogens with zero attached hydrogens (tertiary/aromatic N) is 2. The van der Waals surface area contributed by atoms with E-state index in [0.717, 1.165) is 0 Å². The molecule has 0 unspecified atom stereocenters. The van der Waals surface area contributed by atoms with Crippen LogP contribution in [0.15, 0.2) is 59.6 Å². The SMILES string of the molecule is CSc1c(C#N)c(=N)n2ccccc2c1C(=O)c1ccccc1. The van der Waals surface area contributed by atoms with Gasteiger partial charge in [0.2, 0.25) is 0 Å². The first-order chi connectivity index (χ1) is 11.2. The second-order valence-electron chi connectivity index (χ2n) is 4.89. The van der Waals surface area contributed by atoms with Gasteiger partial charge >= 0.3 is 0 Å². The molecule has 0 amide bonds. The number of carbonyl (C=O) groups excluding carboxylic acids is 1. The zero-order chi connectivity index (χ0) is 16.4. The van der Waals surface area contributed by atoms with Crippen molar-refractivity contribution in [3.63, 3.8) is 0 Å². The minimum atomic E-state index is -0.143. The topological polar surface area (TPSA) is 69.1 Å². The van der Waals surface area contributed by atoms with Crippen LogP contribution in [0.3, 0.4) is 0 Å². The molecule has 2 aromatic heterocycles. The number of thioether (sulfide) groups is 1. The van der Waals surface area contributed by atoms with Crippen molar-refractivity contribution in [2.24, 2.45) is 0 Å². The standard InChI is InChI=1S/C18H13N3OS/c1-23-17-13(11-19)18(20)21-10-6-5-9-14(21)15(17)16(22)12-7-3-2-4-8-12/h2-10,20H,1H3. The van der Waals surface area contributed by atoms with E-state index < -0.39 is 0 Å². The molecule has 3 rings (SSSR count). The number of carbonyl (C=O) groups is 1. The number of fused-ring (bicyclic) bond motifs is 1. The molecular weight excluding hydrogens is 306 g/mol. The van der Waals surface area contributed by atoms with Crippen LogP contribution in [0.25, 0.3) is 5.52 Å². The summed E-state index contributed by atoms with van der Waals surface area (Å²) in [7, 11) is 0. The van der Waals surface area contributed by atoms with Crippen molar-refractivity contribution < 1.29 is 4.79 Å². The average molecular weight is 319 g/mol. The van der Waals surface area contributed by atoms with Crippen LogP contribution in [0.1, 0.15) is 21.5 Å². The highest BCUT2D eigenvalue weighted by Gasteiger charge is 2.21. The van der Waals surface area contributed by atoms with Crippen molar-refractivity contribution in [3.05, 3.63) is 76.9 Å². The van der Waals surface area contributed by atoms with Crippen molar-refractivity contribution in [1.82, 2.24) is 4.40 Å². The Balaban J connectivity index is 2.44. The predicted molar refractivity (Wildman–Crippen MR) is 89.6 cm³/mol. The Morgan fingerprint density at radius 1 is 1.17 bits per heavy atom. The van der Waals surface area contributed by atoms with E-state index in [0.29, 0.717) is 21.5 Å². The maximum Gasteiger partial charge on any atom is 0.196 e. The number of ketones is 1. The molecule has 0 atom stereocenters. The minimum Gasteiger partial charge on any atom is -0.300 e. The highest BCUT2D eigenvalue weighted by Crippen LogP contribution is 2.28. The van der Waals surface area contributed by atoms with E-state index in [-0.39, 0.29) is 16.8 Å². The lowest BCUT2D eigenvalue weighted by atomic mass is 10.0. The molecule has 0 saturated carbocycles. The monoisotopic (exact) mass is 319 g/mol. The minimum absolute atomic E-state index is 0.0945. The fourth-order valence-electron chi connectivity index (χ4n) is 2.57. The molecule has 0 radical (unpaired) electrons. The fourth-order valence-corrected chi connectivity index (χ4v) is 3.32. The zero-order valence-electron chi connectivity index (χ0n) is 12.4. The van der Waals surface area contributed by atoms with E-state index in [1.165, 1.54) is 11.8 Å². The van der Waals surface area contributed by atoms with Crippen LogP contribution in [-0.2, 0) is 0 Å². The van der Waals surface area contributed by atoms with Crippen LogP contribution in [0.5, 0.6) is 0 Å². The molecule has 0 saturated heterocycles. The first-order valence-electron chi connectivity index (χ1n) is 6.94. The number of rotatable bonds is 3. The van der Waals surface area contributed by atoms with Crippen molar-refractivity contribution in [2.45, 2.75) is 4.90 Å². The van der Waals surface area contributed by atoms with Crippen LogP contribution in [0.2, 0.25) is 0 Å². The maximum atomic E-state index is 13.0. The summed E-state index contributed by atoms with van der Waals surface area (Å²) < 4.78 is 1.58. The lowest BCUT2D eigenvalue weighted by Crippen LogP contribution is -2.22. The summed E-state index contributed by atoms with van der Waals surface area (Å²) >= 11 is 1.32. The molecule has 0 aliphatic rings. The summed E-state index contributed by atoms with van der Waals surface area (Å²) in [5.41, 5.74) is 1.99. The smallest absolute Gasteiger partial charge is 0.196 e. The van der Waals surface area contributed by atoms with Crippen molar-refractivity contribution in [2.75, 3.05) is 6.26 Å². The third kappa shape index (κ3) is 2.43. The van der Waals surface area contributed by atoms with E-state index in [1.807, 2.05) is 30.5 Å². The van der Waals surface area contributed by atoms with Gasteiger partial charge in [0.15, 0.2) is 5.78 Å². The quantitative estimate of drug-likeness (QED) is 0.595. The van der Waals surface area contributed by atoms with Crippen LogP contribution >= 0.6 is 11.8 Å². The van der Waals surface area contributed by atoms with Crippen molar-refractivity contribution in [1.29, 1.82) is 10.7 Å². The number of aromatic nitrogens is 1. The van der Waals surface area contributed by atoms with Gasteiger partial charge in [0.1, 0.15) is 17.1 Å². The largest absolute Gasteiger partial charge is 0.300 e. The van der Waals surface area contributed by atoms with Crippen molar-refractivity contribution >= 4 is 23.1 Å². The second kappa shape index (κ2) is 6.11. The third-order valence-electron chi connectivity index (χ3n) is 3.63. The van der Waals surface area contributed by atoms with E-state index in [4.69, 9.17) is 5.41 Å². The van der Waals surface area contributed by atoms with Crippen LogP contribution < -0.4 is 5.49 Å². The molecule has 1 aromatic carbocycles. The van der Waals surface area contributed by atoms with Gasteiger partial charge in [-0.05, 0) is 18.4 Å². The van der Waals surface area contributed by atoms with Gasteiger partial charge in [-0.2, -0.15) is 5.26 Å². The van der Waals surface area contributed by atoms with E-state index in [1.54, 1.807) is 34.9 Å². The Kier molecular flexibility index (Phi) is 4.00. The number of hydrogen-bond donors (Lipinski definition) is 1. The highest BCUT2D eigenvalue weighted by molar-refractivity contribution is 7.98. The molecule has 0 bridgehead atoms. The molecule has 0 aliphatic carbocycles. The summed E-state index contributed by atoms with van der Waals surface area (Å²) in [6.45, 7) is 0. The van der Waals surface area contributed by atoms with Crippen LogP contribution in [0.4, 0.5) is 0 Å². The van der Waals surface area contributed by atoms with E-state index in [2.05, 4.69) is 6.07 Å². The number of hydrogen-bond acceptors (Lipinski definition) is 4. The first-order valence-corrected chi connectivity index (χ1v) is 8.17. The molecule has 1 N–H and O–H groups in total. The molecule has 5 heteroatoms. The van der Waals surface area contributed by atoms with Gasteiger partial charge in [0, 0.05) is 16.7 Å². The molecule has 0 aliphatic heterocycles. The van der Waals surface area contributed by atoms with Crippen LogP contribution in [-0.4, -0.2) is 16.4 Å². The molecule has 2 heterocycles. The van der Waals surface area contributed by atoms with Crippen molar-refractivity contribution in [3.8, 4) is 6.07 Å². The summed E-state index contributed by atoms with van der Waals surface area (Å²) in [4.78, 5) is 13.6. The summed E-state index contributed by atoms with van der Waals surface area (Å²) in [5, 5.41) is 17.7. The number of pyridine rings is 2. The number of nitrogens with one attached hydrogen (secondary N) is 1. The molecule has 4 nitrogen and oxygen atoms in total. The van der Waals surface area contributed by atoms with Gasteiger partial charge in [-0.3, -0.25) is 10.2 Å². The van der Waals surface area contributed by atoms with Gasteiger partial charge in [-0.15, -0.1) is 11.8 Å². The Bertz CT molecular complexity index is 1000. The van der Waals surface area contributed by atoms with E-state index in [9.17, 15) is 10.1 Å². The average Bonchev–Trinajstić information content (AvgIpc) is 2.61. The maximum absolute atomic E-state index is 13.0. The van der Waals surface area contributed by atoms with Crippen LogP contribution in [0, 0.1) is 16.7 Å². The Morgan fingerprint density at radius 3 is 2.52 bits per heavy atom. The van der Waals surface area contributed by atoms with Gasteiger partial charge in [0.25, 0.3) is 0 Å². The van der Waals surface area contributed by atoms with E-state index >= 15 is 0 Å². The number of nitriles is 1. The van der Waals surface area contributed by atoms with Gasteiger partial charge in [-0.25, -0.2) is 0 Å². The zero-order valence-corrected chi connectivity index (χ0v) is 13.2. The lowest BCUT2D eigenvalue weighted by Gasteiger charge is -2.14. The lowest BCUT2D eigenvalue weighted by molar-refractivity contribution is 0.103. The summed E-state index contributed by atoms with van der Waals surface area (Å²) in [6.07, 6.45) is 3.52. The molecule has 112 valence electrons. The second-order valence-corrected chi connectivity index (χ2v) is 5.71. The third-order valence-corrected chi connectivity index (χ3v) is 4.44. The number of benzene rings is 1. The normalized spacial score (nSPS) is 10.4. The fraction of sp³-hybridized carbons (Fsp3) is 0.0556. The Labute approximate surface area is 137 Å². The Hall–Kier alpha value is -2.84. The molecule has 0 spiro atoms. The van der Waals surface area contributed by atoms with Gasteiger partial charge < -0.3 is 4.40 Å². The predicted octanol–water partition coefficient (Wildman–Crippen LogP) is 3.24. The van der Waals surface area contributed by atoms with Gasteiger partial charge in [-0.1, -0.05) is 36.4 Å². The first kappa shape index (κ1) is 15.1. The Morgan fingerprint density at radius 2 is 1.87 bits per heavy atom. The highest BCUT2D eigenvalue weighted by atomic mass is 32.2. The van der Waals surface area contributed by atoms with Gasteiger partial charge in [0.05, 0.1) is 11.1 Å². The summed E-state index contributed by atoms with van der Waals surface area (Å²) in [6, 6.07) is 16.5. The molecule has 23 heavy (non-hydrogen) atoms. The molecule has 3 aromatic rings. The molecule has 0 fully saturated rings. The summed E-state index contributed by atoms with van der Waals surface area (Å²) in [5.74, 6) is -0.143. The molecular formula is C18H13N3OS.